The molecule has 1 heterocycles. The topological polar surface area (TPSA) is 57.6 Å². The van der Waals surface area contributed by atoms with E-state index in [2.05, 4.69) is 0 Å². The number of carbonyl (C=O) groups is 2. The van der Waals surface area contributed by atoms with Crippen LogP contribution in [0.4, 0.5) is 13.2 Å². The van der Waals surface area contributed by atoms with Crippen LogP contribution in [0.1, 0.15) is 44.4 Å². The van der Waals surface area contributed by atoms with Gasteiger partial charge >= 0.3 is 6.18 Å². The van der Waals surface area contributed by atoms with E-state index in [0.29, 0.717) is 24.0 Å². The molecule has 2 aromatic carbocycles. The number of benzene rings is 2. The summed E-state index contributed by atoms with van der Waals surface area (Å²) in [5.41, 5.74) is 1.33. The van der Waals surface area contributed by atoms with Gasteiger partial charge in [-0.1, -0.05) is 36.4 Å². The molecule has 1 aliphatic rings. The molecule has 0 saturated carbocycles. The van der Waals surface area contributed by atoms with E-state index in [-0.39, 0.29) is 23.9 Å². The second-order valence-corrected chi connectivity index (χ2v) is 6.10. The van der Waals surface area contributed by atoms with Crippen LogP contribution in [0.3, 0.4) is 0 Å². The number of alkyl halides is 3. The zero-order valence-electron chi connectivity index (χ0n) is 13.7. The molecule has 1 unspecified atom stereocenters. The van der Waals surface area contributed by atoms with Crippen molar-refractivity contribution in [3.63, 3.8) is 0 Å². The van der Waals surface area contributed by atoms with Gasteiger partial charge in [0, 0.05) is 6.54 Å². The van der Waals surface area contributed by atoms with Gasteiger partial charge in [-0.15, -0.1) is 0 Å². The number of imide groups is 1. The molecule has 0 aliphatic carbocycles. The molecule has 0 fully saturated rings. The Labute approximate surface area is 147 Å². The molecule has 0 saturated heterocycles. The van der Waals surface area contributed by atoms with Crippen LogP contribution in [0.5, 0.6) is 0 Å². The molecular formula is C19H16F3NO3. The number of aryl methyl sites for hydroxylation is 1. The molecule has 0 spiro atoms. The Morgan fingerprint density at radius 1 is 0.923 bits per heavy atom. The van der Waals surface area contributed by atoms with Crippen molar-refractivity contribution in [1.29, 1.82) is 0 Å². The van der Waals surface area contributed by atoms with Crippen LogP contribution in [-0.4, -0.2) is 34.5 Å². The maximum atomic E-state index is 12.5. The number of rotatable bonds is 5. The number of amides is 2. The summed E-state index contributed by atoms with van der Waals surface area (Å²) in [6.07, 6.45) is -6.22. The molecular weight excluding hydrogens is 347 g/mol. The molecule has 2 amide bonds. The van der Waals surface area contributed by atoms with Gasteiger partial charge in [0.2, 0.25) is 0 Å². The number of hydrogen-bond donors (Lipinski definition) is 1. The molecule has 3 rings (SSSR count). The van der Waals surface area contributed by atoms with Crippen LogP contribution < -0.4 is 0 Å². The minimum Gasteiger partial charge on any atom is -0.379 e. The van der Waals surface area contributed by atoms with Crippen LogP contribution in [0.2, 0.25) is 0 Å². The summed E-state index contributed by atoms with van der Waals surface area (Å²) in [7, 11) is 0. The first kappa shape index (κ1) is 18.1. The largest absolute Gasteiger partial charge is 0.418 e. The number of halogens is 3. The van der Waals surface area contributed by atoms with Gasteiger partial charge < -0.3 is 5.11 Å². The van der Waals surface area contributed by atoms with Crippen molar-refractivity contribution in [3.8, 4) is 0 Å². The summed E-state index contributed by atoms with van der Waals surface area (Å²) >= 11 is 0. The van der Waals surface area contributed by atoms with Gasteiger partial charge in [0.1, 0.15) is 0 Å². The summed E-state index contributed by atoms with van der Waals surface area (Å²) in [5, 5.41) is 9.21. The standard InChI is InChI=1S/C19H16F3NO3/c20-19(21,22)16(24)13-9-7-12(8-10-13)4-3-11-23-17(25)14-5-1-2-6-15(14)18(23)26/h1-2,5-10,16,24H,3-4,11H2. The minimum atomic E-state index is -4.70. The summed E-state index contributed by atoms with van der Waals surface area (Å²) in [5.74, 6) is -0.650. The third-order valence-electron chi connectivity index (χ3n) is 4.33. The first-order valence-corrected chi connectivity index (χ1v) is 8.08. The Balaban J connectivity index is 1.58. The van der Waals surface area contributed by atoms with E-state index in [0.717, 1.165) is 5.56 Å². The average Bonchev–Trinajstić information content (AvgIpc) is 2.86. The first-order valence-electron chi connectivity index (χ1n) is 8.08. The zero-order chi connectivity index (χ0) is 18.9. The fourth-order valence-electron chi connectivity index (χ4n) is 2.94. The fourth-order valence-corrected chi connectivity index (χ4v) is 2.94. The molecule has 4 nitrogen and oxygen atoms in total. The highest BCUT2D eigenvalue weighted by Gasteiger charge is 2.39. The minimum absolute atomic E-state index is 0.221. The Bertz CT molecular complexity index is 796. The van der Waals surface area contributed by atoms with Crippen molar-refractivity contribution in [2.75, 3.05) is 6.54 Å². The van der Waals surface area contributed by atoms with Crippen molar-refractivity contribution >= 4 is 11.8 Å². The van der Waals surface area contributed by atoms with Gasteiger partial charge in [0.15, 0.2) is 6.10 Å². The van der Waals surface area contributed by atoms with Crippen molar-refractivity contribution in [2.45, 2.75) is 25.1 Å². The van der Waals surface area contributed by atoms with Gasteiger partial charge in [0.25, 0.3) is 11.8 Å². The summed E-state index contributed by atoms with van der Waals surface area (Å²) in [6, 6.07) is 12.1. The predicted octanol–water partition coefficient (Wildman–Crippen LogP) is 3.51. The monoisotopic (exact) mass is 363 g/mol. The maximum Gasteiger partial charge on any atom is 0.418 e. The zero-order valence-corrected chi connectivity index (χ0v) is 13.7. The SMILES string of the molecule is O=C1c2ccccc2C(=O)N1CCCc1ccc(C(O)C(F)(F)F)cc1. The van der Waals surface area contributed by atoms with Crippen molar-refractivity contribution in [1.82, 2.24) is 4.90 Å². The lowest BCUT2D eigenvalue weighted by molar-refractivity contribution is -0.206. The van der Waals surface area contributed by atoms with E-state index in [1.165, 1.54) is 29.2 Å². The second-order valence-electron chi connectivity index (χ2n) is 6.10. The van der Waals surface area contributed by atoms with Crippen LogP contribution in [0.15, 0.2) is 48.5 Å². The second kappa shape index (κ2) is 6.92. The molecule has 0 radical (unpaired) electrons. The number of carbonyl (C=O) groups excluding carboxylic acids is 2. The van der Waals surface area contributed by atoms with Gasteiger partial charge in [-0.3, -0.25) is 14.5 Å². The molecule has 26 heavy (non-hydrogen) atoms. The average molecular weight is 363 g/mol. The van der Waals surface area contributed by atoms with Crippen LogP contribution in [-0.2, 0) is 6.42 Å². The molecule has 1 aliphatic heterocycles. The van der Waals surface area contributed by atoms with Gasteiger partial charge in [0.05, 0.1) is 11.1 Å². The number of hydrogen-bond acceptors (Lipinski definition) is 3. The smallest absolute Gasteiger partial charge is 0.379 e. The van der Waals surface area contributed by atoms with Crippen LogP contribution in [0, 0.1) is 0 Å². The molecule has 0 aromatic heterocycles. The number of aliphatic hydroxyl groups excluding tert-OH is 1. The third-order valence-corrected chi connectivity index (χ3v) is 4.33. The normalized spacial score (nSPS) is 15.3. The van der Waals surface area contributed by atoms with Gasteiger partial charge in [-0.05, 0) is 36.1 Å². The van der Waals surface area contributed by atoms with E-state index < -0.39 is 12.3 Å². The molecule has 0 bridgehead atoms. The Morgan fingerprint density at radius 3 is 1.96 bits per heavy atom. The van der Waals surface area contributed by atoms with Gasteiger partial charge in [-0.25, -0.2) is 0 Å². The lowest BCUT2D eigenvalue weighted by atomic mass is 10.0. The highest BCUT2D eigenvalue weighted by molar-refractivity contribution is 6.21. The van der Waals surface area contributed by atoms with Gasteiger partial charge in [-0.2, -0.15) is 13.2 Å². The lowest BCUT2D eigenvalue weighted by Gasteiger charge is -2.15. The Hall–Kier alpha value is -2.67. The van der Waals surface area contributed by atoms with E-state index in [1.807, 2.05) is 0 Å². The van der Waals surface area contributed by atoms with Crippen molar-refractivity contribution in [3.05, 3.63) is 70.8 Å². The molecule has 136 valence electrons. The van der Waals surface area contributed by atoms with Crippen molar-refractivity contribution < 1.29 is 27.9 Å². The number of aliphatic hydroxyl groups is 1. The van der Waals surface area contributed by atoms with E-state index in [1.54, 1.807) is 24.3 Å². The summed E-state index contributed by atoms with van der Waals surface area (Å²) in [4.78, 5) is 25.7. The third kappa shape index (κ3) is 3.48. The molecule has 1 atom stereocenters. The van der Waals surface area contributed by atoms with E-state index in [4.69, 9.17) is 0 Å². The number of nitrogens with zero attached hydrogens (tertiary/aromatic N) is 1. The van der Waals surface area contributed by atoms with E-state index in [9.17, 15) is 27.9 Å². The predicted molar refractivity (Wildman–Crippen MR) is 87.6 cm³/mol. The van der Waals surface area contributed by atoms with Crippen LogP contribution in [0.25, 0.3) is 0 Å². The Kier molecular flexibility index (Phi) is 4.82. The quantitative estimate of drug-likeness (QED) is 0.827. The maximum absolute atomic E-state index is 12.5. The molecule has 1 N–H and O–H groups in total. The first-order chi connectivity index (χ1) is 12.3. The highest BCUT2D eigenvalue weighted by Crippen LogP contribution is 2.32. The molecule has 2 aromatic rings. The van der Waals surface area contributed by atoms with Crippen molar-refractivity contribution in [2.24, 2.45) is 0 Å². The molecule has 7 heteroatoms. The fraction of sp³-hybridized carbons (Fsp3) is 0.263. The highest BCUT2D eigenvalue weighted by atomic mass is 19.4. The lowest BCUT2D eigenvalue weighted by Crippen LogP contribution is -2.30. The van der Waals surface area contributed by atoms with E-state index >= 15 is 0 Å². The Morgan fingerprint density at radius 2 is 1.46 bits per heavy atom. The van der Waals surface area contributed by atoms with Crippen LogP contribution >= 0.6 is 0 Å². The number of fused-ring (bicyclic) bond motifs is 1. The summed E-state index contributed by atoms with van der Waals surface area (Å²) in [6.45, 7) is 0.235. The summed E-state index contributed by atoms with van der Waals surface area (Å²) < 4.78 is 37.4.